The fourth-order valence-electron chi connectivity index (χ4n) is 3.27. The van der Waals surface area contributed by atoms with Crippen LogP contribution < -0.4 is 11.5 Å². The quantitative estimate of drug-likeness (QED) is 0.637. The smallest absolute Gasteiger partial charge is 0.240 e. The maximum Gasteiger partial charge on any atom is 0.240 e. The molecule has 0 aromatic heterocycles. The normalized spacial score (nSPS) is 13.2. The summed E-state index contributed by atoms with van der Waals surface area (Å²) in [5.41, 5.74) is 15.3. The first-order valence-corrected chi connectivity index (χ1v) is 9.56. The van der Waals surface area contributed by atoms with E-state index in [1.807, 2.05) is 56.3 Å². The highest BCUT2D eigenvalue weighted by Gasteiger charge is 2.28. The minimum Gasteiger partial charge on any atom is -0.508 e. The first kappa shape index (κ1) is 22.2. The van der Waals surface area contributed by atoms with E-state index in [1.165, 1.54) is 4.90 Å². The highest BCUT2D eigenvalue weighted by molar-refractivity contribution is 5.89. The Morgan fingerprint density at radius 1 is 1.14 bits per heavy atom. The number of phenolic OH excluding ortho intramolecular Hbond substituents is 1. The molecule has 0 spiro atoms. The summed E-state index contributed by atoms with van der Waals surface area (Å²) in [6, 6.07) is 11.3. The Morgan fingerprint density at radius 2 is 1.72 bits per heavy atom. The molecular weight excluding hydrogens is 366 g/mol. The van der Waals surface area contributed by atoms with Gasteiger partial charge in [-0.3, -0.25) is 9.59 Å². The highest BCUT2D eigenvalue weighted by Crippen LogP contribution is 2.22. The topological polar surface area (TPSA) is 110 Å². The molecule has 0 fully saturated rings. The predicted octanol–water partition coefficient (Wildman–Crippen LogP) is 2.29. The number of benzene rings is 2. The van der Waals surface area contributed by atoms with Crippen LogP contribution in [-0.4, -0.2) is 40.4 Å². The maximum absolute atomic E-state index is 13.0. The second-order valence-electron chi connectivity index (χ2n) is 7.25. The molecule has 2 amide bonds. The van der Waals surface area contributed by atoms with E-state index in [9.17, 15) is 14.7 Å². The first-order chi connectivity index (χ1) is 13.7. The monoisotopic (exact) mass is 395 g/mol. The molecule has 6 heteroatoms. The van der Waals surface area contributed by atoms with Crippen molar-refractivity contribution in [3.8, 4) is 5.75 Å². The lowest BCUT2D eigenvalue weighted by Gasteiger charge is -2.29. The Hall–Kier alpha value is -3.12. The largest absolute Gasteiger partial charge is 0.508 e. The number of nitrogens with zero attached hydrogens (tertiary/aromatic N) is 1. The van der Waals surface area contributed by atoms with Crippen LogP contribution in [0.15, 0.2) is 48.5 Å². The van der Waals surface area contributed by atoms with Crippen molar-refractivity contribution in [1.29, 1.82) is 0 Å². The van der Waals surface area contributed by atoms with Gasteiger partial charge in [-0.15, -0.1) is 0 Å². The number of phenols is 1. The molecule has 0 bridgehead atoms. The number of hydrogen-bond acceptors (Lipinski definition) is 4. The van der Waals surface area contributed by atoms with Crippen molar-refractivity contribution in [3.05, 3.63) is 70.8 Å². The fourth-order valence-corrected chi connectivity index (χ4v) is 3.27. The fraction of sp³-hybridized carbons (Fsp3) is 0.304. The Kier molecular flexibility index (Phi) is 7.56. The second-order valence-corrected chi connectivity index (χ2v) is 7.25. The van der Waals surface area contributed by atoms with Gasteiger partial charge in [-0.25, -0.2) is 0 Å². The molecule has 2 atom stereocenters. The summed E-state index contributed by atoms with van der Waals surface area (Å²) in [5, 5.41) is 9.71. The Bertz CT molecular complexity index is 870. The standard InChI is InChI=1S/C23H29N3O3/c1-15-12-19(27)13-16(2)20(15)14-21(24)23(29)26(17(3)22(25)28)11-7-10-18-8-5-4-6-9-18/h4-10,12-13,17,21,27H,11,14,24H2,1-3H3,(H2,25,28)/t17-,21-/m1/s1. The van der Waals surface area contributed by atoms with Crippen LogP contribution in [0.2, 0.25) is 0 Å². The molecule has 29 heavy (non-hydrogen) atoms. The van der Waals surface area contributed by atoms with Crippen LogP contribution in [0.1, 0.15) is 29.2 Å². The number of carbonyl (C=O) groups excluding carboxylic acids is 2. The number of carbonyl (C=O) groups is 2. The summed E-state index contributed by atoms with van der Waals surface area (Å²) in [6.07, 6.45) is 4.01. The highest BCUT2D eigenvalue weighted by atomic mass is 16.3. The number of primary amides is 1. The molecule has 0 radical (unpaired) electrons. The summed E-state index contributed by atoms with van der Waals surface area (Å²) in [6.45, 7) is 5.55. The van der Waals surface area contributed by atoms with Crippen LogP contribution in [0.5, 0.6) is 5.75 Å². The van der Waals surface area contributed by atoms with Gasteiger partial charge in [-0.2, -0.15) is 0 Å². The molecule has 0 heterocycles. The van der Waals surface area contributed by atoms with Gasteiger partial charge in [0.15, 0.2) is 0 Å². The van der Waals surface area contributed by atoms with Gasteiger partial charge < -0.3 is 21.5 Å². The van der Waals surface area contributed by atoms with Gasteiger partial charge in [0.2, 0.25) is 11.8 Å². The molecule has 6 nitrogen and oxygen atoms in total. The van der Waals surface area contributed by atoms with Crippen molar-refractivity contribution in [2.75, 3.05) is 6.54 Å². The number of nitrogens with two attached hydrogens (primary N) is 2. The summed E-state index contributed by atoms with van der Waals surface area (Å²) in [7, 11) is 0. The lowest BCUT2D eigenvalue weighted by atomic mass is 9.95. The zero-order valence-corrected chi connectivity index (χ0v) is 17.1. The summed E-state index contributed by atoms with van der Waals surface area (Å²) < 4.78 is 0. The Labute approximate surface area is 171 Å². The van der Waals surface area contributed by atoms with Crippen molar-refractivity contribution in [3.63, 3.8) is 0 Å². The van der Waals surface area contributed by atoms with E-state index in [2.05, 4.69) is 0 Å². The Morgan fingerprint density at radius 3 is 2.28 bits per heavy atom. The minimum absolute atomic E-state index is 0.179. The number of aromatic hydroxyl groups is 1. The lowest BCUT2D eigenvalue weighted by molar-refractivity contribution is -0.139. The van der Waals surface area contributed by atoms with Crippen LogP contribution >= 0.6 is 0 Å². The zero-order chi connectivity index (χ0) is 21.6. The van der Waals surface area contributed by atoms with E-state index in [4.69, 9.17) is 11.5 Å². The Balaban J connectivity index is 2.18. The van der Waals surface area contributed by atoms with E-state index in [0.29, 0.717) is 6.42 Å². The van der Waals surface area contributed by atoms with E-state index in [1.54, 1.807) is 19.1 Å². The third kappa shape index (κ3) is 5.93. The molecule has 2 aromatic carbocycles. The van der Waals surface area contributed by atoms with E-state index in [0.717, 1.165) is 22.3 Å². The van der Waals surface area contributed by atoms with Crippen molar-refractivity contribution in [2.45, 2.75) is 39.3 Å². The average molecular weight is 396 g/mol. The maximum atomic E-state index is 13.0. The van der Waals surface area contributed by atoms with Crippen LogP contribution in [0.25, 0.3) is 6.08 Å². The third-order valence-corrected chi connectivity index (χ3v) is 5.00. The number of aryl methyl sites for hydroxylation is 2. The summed E-state index contributed by atoms with van der Waals surface area (Å²) >= 11 is 0. The minimum atomic E-state index is -0.830. The molecule has 0 saturated heterocycles. The molecule has 0 unspecified atom stereocenters. The van der Waals surface area contributed by atoms with Gasteiger partial charge in [-0.05, 0) is 61.6 Å². The lowest BCUT2D eigenvalue weighted by Crippen LogP contribution is -2.52. The molecule has 2 aromatic rings. The van der Waals surface area contributed by atoms with Crippen LogP contribution in [-0.2, 0) is 16.0 Å². The van der Waals surface area contributed by atoms with Gasteiger partial charge in [0, 0.05) is 6.54 Å². The van der Waals surface area contributed by atoms with Gasteiger partial charge in [0.05, 0.1) is 6.04 Å². The number of hydrogen-bond donors (Lipinski definition) is 3. The van der Waals surface area contributed by atoms with Gasteiger partial charge in [0.25, 0.3) is 0 Å². The van der Waals surface area contributed by atoms with Crippen molar-refractivity contribution >= 4 is 17.9 Å². The average Bonchev–Trinajstić information content (AvgIpc) is 2.67. The molecular formula is C23H29N3O3. The SMILES string of the molecule is Cc1cc(O)cc(C)c1C[C@@H](N)C(=O)N(CC=Cc1ccccc1)[C@H](C)C(N)=O. The van der Waals surface area contributed by atoms with E-state index < -0.39 is 18.0 Å². The molecule has 154 valence electrons. The van der Waals surface area contributed by atoms with Crippen molar-refractivity contribution in [2.24, 2.45) is 11.5 Å². The van der Waals surface area contributed by atoms with E-state index >= 15 is 0 Å². The molecule has 5 N–H and O–H groups in total. The molecule has 0 aliphatic carbocycles. The van der Waals surface area contributed by atoms with Crippen LogP contribution in [0, 0.1) is 13.8 Å². The number of amides is 2. The summed E-state index contributed by atoms with van der Waals surface area (Å²) in [5.74, 6) is -0.754. The van der Waals surface area contributed by atoms with E-state index in [-0.39, 0.29) is 18.2 Å². The molecule has 2 rings (SSSR count). The van der Waals surface area contributed by atoms with Gasteiger partial charge in [0.1, 0.15) is 11.8 Å². The third-order valence-electron chi connectivity index (χ3n) is 5.00. The van der Waals surface area contributed by atoms with Crippen LogP contribution in [0.3, 0.4) is 0 Å². The second kappa shape index (κ2) is 9.89. The molecule has 0 saturated carbocycles. The number of rotatable bonds is 8. The van der Waals surface area contributed by atoms with Crippen molar-refractivity contribution < 1.29 is 14.7 Å². The summed E-state index contributed by atoms with van der Waals surface area (Å²) in [4.78, 5) is 26.2. The molecule has 0 aliphatic rings. The van der Waals surface area contributed by atoms with Gasteiger partial charge >= 0.3 is 0 Å². The molecule has 0 aliphatic heterocycles. The zero-order valence-electron chi connectivity index (χ0n) is 17.1. The van der Waals surface area contributed by atoms with Crippen molar-refractivity contribution in [1.82, 2.24) is 4.90 Å². The first-order valence-electron chi connectivity index (χ1n) is 9.56. The van der Waals surface area contributed by atoms with Crippen LogP contribution in [0.4, 0.5) is 0 Å². The predicted molar refractivity (Wildman–Crippen MR) is 115 cm³/mol. The van der Waals surface area contributed by atoms with Gasteiger partial charge in [-0.1, -0.05) is 42.5 Å².